The number of amides is 2. The molecule has 0 aromatic heterocycles. The molecule has 3 aliphatic rings. The number of alkyl halides is 3. The molecule has 3 fully saturated rings. The number of carboxylic acid groups (broad SMARTS) is 1. The van der Waals surface area contributed by atoms with Crippen molar-refractivity contribution in [2.45, 2.75) is 67.5 Å². The third-order valence-electron chi connectivity index (χ3n) is 9.00. The maximum Gasteiger partial charge on any atom is 0.501 e. The first-order valence-corrected chi connectivity index (χ1v) is 16.0. The van der Waals surface area contributed by atoms with Crippen molar-refractivity contribution < 1.29 is 54.9 Å². The van der Waals surface area contributed by atoms with E-state index in [0.29, 0.717) is 32.1 Å². The number of ether oxygens (including phenoxy) is 2. The number of aliphatic carboxylic acids is 1. The van der Waals surface area contributed by atoms with Crippen molar-refractivity contribution in [3.8, 4) is 11.5 Å². The number of halogens is 4. The molecule has 0 radical (unpaired) electrons. The van der Waals surface area contributed by atoms with E-state index in [-0.39, 0.29) is 41.0 Å². The summed E-state index contributed by atoms with van der Waals surface area (Å²) in [7, 11) is -4.38. The van der Waals surface area contributed by atoms with Crippen LogP contribution >= 0.6 is 0 Å². The van der Waals surface area contributed by atoms with Gasteiger partial charge in [0, 0.05) is 17.8 Å². The minimum Gasteiger partial charge on any atom is -0.496 e. The highest BCUT2D eigenvalue weighted by molar-refractivity contribution is 7.92. The number of rotatable bonds is 9. The number of carbonyl (C=O) groups excluding carboxylic acids is 2. The molecular formula is C30H32F4N2O8S. The number of hydrogen-bond donors (Lipinski definition) is 3. The molecule has 0 heterocycles. The van der Waals surface area contributed by atoms with Crippen LogP contribution in [-0.2, 0) is 19.4 Å². The van der Waals surface area contributed by atoms with E-state index in [4.69, 9.17) is 9.47 Å². The summed E-state index contributed by atoms with van der Waals surface area (Å²) in [4.78, 5) is 37.4. The minimum absolute atomic E-state index is 0.0634. The molecule has 3 aliphatic carbocycles. The van der Waals surface area contributed by atoms with E-state index in [2.05, 4.69) is 10.6 Å². The minimum atomic E-state index is -5.63. The molecule has 5 rings (SSSR count). The first-order chi connectivity index (χ1) is 21.2. The van der Waals surface area contributed by atoms with Crippen molar-refractivity contribution in [3.63, 3.8) is 0 Å². The molecule has 244 valence electrons. The topological polar surface area (TPSA) is 148 Å². The number of sulfone groups is 1. The van der Waals surface area contributed by atoms with E-state index >= 15 is 0 Å². The van der Waals surface area contributed by atoms with Gasteiger partial charge in [-0.25, -0.2) is 12.8 Å². The van der Waals surface area contributed by atoms with Crippen molar-refractivity contribution in [2.24, 2.45) is 23.7 Å². The Morgan fingerprint density at radius 1 is 0.978 bits per heavy atom. The van der Waals surface area contributed by atoms with Crippen LogP contribution in [-0.4, -0.2) is 56.1 Å². The van der Waals surface area contributed by atoms with Crippen LogP contribution in [0.15, 0.2) is 41.3 Å². The Kier molecular flexibility index (Phi) is 9.02. The molecule has 45 heavy (non-hydrogen) atoms. The number of anilines is 1. The van der Waals surface area contributed by atoms with Gasteiger partial charge < -0.3 is 25.2 Å². The van der Waals surface area contributed by atoms with Gasteiger partial charge >= 0.3 is 11.5 Å². The highest BCUT2D eigenvalue weighted by Crippen LogP contribution is 2.49. The highest BCUT2D eigenvalue weighted by atomic mass is 32.2. The number of nitrogens with one attached hydrogen (secondary N) is 2. The second-order valence-electron chi connectivity index (χ2n) is 11.7. The average Bonchev–Trinajstić information content (AvgIpc) is 3.59. The molecule has 3 saturated carbocycles. The second-order valence-corrected chi connectivity index (χ2v) is 13.7. The van der Waals surface area contributed by atoms with Crippen LogP contribution in [0, 0.1) is 29.5 Å². The monoisotopic (exact) mass is 656 g/mol. The van der Waals surface area contributed by atoms with Crippen LogP contribution in [0.5, 0.6) is 11.5 Å². The zero-order valence-electron chi connectivity index (χ0n) is 24.1. The van der Waals surface area contributed by atoms with Gasteiger partial charge in [-0.05, 0) is 81.0 Å². The maximum absolute atomic E-state index is 15.0. The molecule has 15 heteroatoms. The molecule has 0 spiro atoms. The lowest BCUT2D eigenvalue weighted by molar-refractivity contribution is -0.143. The van der Waals surface area contributed by atoms with Gasteiger partial charge in [0.25, 0.3) is 15.7 Å². The number of hydrogen-bond acceptors (Lipinski definition) is 7. The lowest BCUT2D eigenvalue weighted by Crippen LogP contribution is -2.48. The number of fused-ring (bicyclic) bond motifs is 2. The summed E-state index contributed by atoms with van der Waals surface area (Å²) in [6.45, 7) is 0. The van der Waals surface area contributed by atoms with Crippen LogP contribution in [0.2, 0.25) is 0 Å². The van der Waals surface area contributed by atoms with E-state index in [1.54, 1.807) is 0 Å². The Balaban J connectivity index is 1.34. The number of benzene rings is 2. The zero-order chi connectivity index (χ0) is 32.7. The van der Waals surface area contributed by atoms with Crippen LogP contribution < -0.4 is 20.1 Å². The largest absolute Gasteiger partial charge is 0.501 e. The summed E-state index contributed by atoms with van der Waals surface area (Å²) < 4.78 is 88.9. The predicted octanol–water partition coefficient (Wildman–Crippen LogP) is 4.93. The van der Waals surface area contributed by atoms with E-state index in [0.717, 1.165) is 30.7 Å². The van der Waals surface area contributed by atoms with E-state index in [1.807, 2.05) is 0 Å². The van der Waals surface area contributed by atoms with Gasteiger partial charge in [-0.2, -0.15) is 13.2 Å². The summed E-state index contributed by atoms with van der Waals surface area (Å²) >= 11 is 0. The molecule has 2 bridgehead atoms. The predicted molar refractivity (Wildman–Crippen MR) is 151 cm³/mol. The molecular weight excluding hydrogens is 624 g/mol. The van der Waals surface area contributed by atoms with Crippen molar-refractivity contribution in [1.82, 2.24) is 5.32 Å². The van der Waals surface area contributed by atoms with Crippen molar-refractivity contribution in [2.75, 3.05) is 12.4 Å². The van der Waals surface area contributed by atoms with Gasteiger partial charge in [-0.3, -0.25) is 14.4 Å². The summed E-state index contributed by atoms with van der Waals surface area (Å²) in [6.07, 6.45) is 3.25. The van der Waals surface area contributed by atoms with Crippen LogP contribution in [0.3, 0.4) is 0 Å². The Hall–Kier alpha value is -3.88. The molecule has 0 aliphatic heterocycles. The Morgan fingerprint density at radius 3 is 2.40 bits per heavy atom. The van der Waals surface area contributed by atoms with Gasteiger partial charge in [0.05, 0.1) is 35.5 Å². The number of methoxy groups -OCH3 is 1. The van der Waals surface area contributed by atoms with Crippen LogP contribution in [0.4, 0.5) is 23.2 Å². The van der Waals surface area contributed by atoms with Gasteiger partial charge in [-0.15, -0.1) is 0 Å². The molecule has 0 saturated heterocycles. The quantitative estimate of drug-likeness (QED) is 0.322. The number of carboxylic acids is 1. The van der Waals surface area contributed by atoms with Gasteiger partial charge in [0.2, 0.25) is 5.91 Å². The molecule has 6 atom stereocenters. The smallest absolute Gasteiger partial charge is 0.496 e. The van der Waals surface area contributed by atoms with Crippen LogP contribution in [0.25, 0.3) is 0 Å². The summed E-state index contributed by atoms with van der Waals surface area (Å²) in [5, 5.41) is 14.7. The fourth-order valence-corrected chi connectivity index (χ4v) is 7.64. The second kappa shape index (κ2) is 12.5. The molecule has 2 aromatic rings. The summed E-state index contributed by atoms with van der Waals surface area (Å²) in [6, 6.07) is 5.38. The SMILES string of the molecule is COc1cc(F)c(O[C@H]2CCC[C@H](C(=O)O)C2)cc1C(=O)N[C@@H]1[C@H]2CC[C@H](C2)[C@@H]1C(=O)Nc1cccc(S(=O)(=O)C(F)(F)F)c1. The standard InChI is InChI=1S/C30H32F4N2O8S/c1-43-23-14-22(31)24(44-19-6-2-4-17(11-19)29(39)40)13-21(23)27(37)36-26-16-9-8-15(10-16)25(26)28(38)35-18-5-3-7-20(12-18)45(41,42)30(32,33)34/h3,5,7,12-17,19,25-26H,2,4,6,8-11H2,1H3,(H,35,38)(H,36,37)(H,39,40)/t15-,16+,17+,19+,25+,26-/m1/s1. The molecule has 0 unspecified atom stereocenters. The van der Waals surface area contributed by atoms with Crippen molar-refractivity contribution >= 4 is 33.3 Å². The molecule has 2 amide bonds. The zero-order valence-corrected chi connectivity index (χ0v) is 24.9. The van der Waals surface area contributed by atoms with Gasteiger partial charge in [-0.1, -0.05) is 6.07 Å². The van der Waals surface area contributed by atoms with Crippen LogP contribution in [0.1, 0.15) is 55.3 Å². The van der Waals surface area contributed by atoms with Crippen molar-refractivity contribution in [3.05, 3.63) is 47.8 Å². The van der Waals surface area contributed by atoms with E-state index < -0.39 is 67.8 Å². The van der Waals surface area contributed by atoms with E-state index in [9.17, 15) is 45.5 Å². The fourth-order valence-electron chi connectivity index (χ4n) is 6.83. The normalized spacial score (nSPS) is 26.2. The third kappa shape index (κ3) is 6.58. The Morgan fingerprint density at radius 2 is 1.71 bits per heavy atom. The van der Waals surface area contributed by atoms with E-state index in [1.165, 1.54) is 19.2 Å². The summed E-state index contributed by atoms with van der Waals surface area (Å²) in [5.74, 6) is -4.95. The molecule has 2 aromatic carbocycles. The molecule has 10 nitrogen and oxygen atoms in total. The maximum atomic E-state index is 15.0. The number of carbonyl (C=O) groups is 3. The first-order valence-electron chi connectivity index (χ1n) is 14.5. The third-order valence-corrected chi connectivity index (χ3v) is 10.5. The Labute approximate surface area is 256 Å². The van der Waals surface area contributed by atoms with Gasteiger partial charge in [0.1, 0.15) is 5.75 Å². The summed E-state index contributed by atoms with van der Waals surface area (Å²) in [5.41, 5.74) is -5.72. The highest BCUT2D eigenvalue weighted by Gasteiger charge is 2.52. The lowest BCUT2D eigenvalue weighted by atomic mass is 9.83. The fraction of sp³-hybridized carbons (Fsp3) is 0.500. The van der Waals surface area contributed by atoms with Gasteiger partial charge in [0.15, 0.2) is 11.6 Å². The average molecular weight is 657 g/mol. The Bertz CT molecular complexity index is 1600. The lowest BCUT2D eigenvalue weighted by Gasteiger charge is -2.31. The van der Waals surface area contributed by atoms with Crippen molar-refractivity contribution in [1.29, 1.82) is 0 Å². The first kappa shape index (κ1) is 32.5. The molecule has 3 N–H and O–H groups in total.